The van der Waals surface area contributed by atoms with E-state index in [4.69, 9.17) is 5.73 Å². The zero-order chi connectivity index (χ0) is 9.42. The summed E-state index contributed by atoms with van der Waals surface area (Å²) in [5, 5.41) is 7.58. The molecule has 4 nitrogen and oxygen atoms in total. The predicted octanol–water partition coefficient (Wildman–Crippen LogP) is 1.21. The number of rotatable bonds is 2. The zero-order valence-corrected chi connectivity index (χ0v) is 8.12. The monoisotopic (exact) mass is 180 g/mol. The molecule has 0 bridgehead atoms. The zero-order valence-electron chi connectivity index (χ0n) is 8.12. The van der Waals surface area contributed by atoms with Crippen LogP contribution in [0.1, 0.15) is 19.8 Å². The molecule has 1 aromatic rings. The van der Waals surface area contributed by atoms with E-state index in [0.29, 0.717) is 6.04 Å². The SMILES string of the molecule is CC1CC(Nc2nn(C)cc2N)C1. The topological polar surface area (TPSA) is 55.9 Å². The van der Waals surface area contributed by atoms with Gasteiger partial charge in [0.25, 0.3) is 0 Å². The molecule has 1 aliphatic rings. The summed E-state index contributed by atoms with van der Waals surface area (Å²) in [6, 6.07) is 0.576. The Bertz CT molecular complexity index is 299. The Kier molecular flexibility index (Phi) is 1.90. The molecule has 1 aliphatic carbocycles. The normalized spacial score (nSPS) is 26.9. The highest BCUT2D eigenvalue weighted by molar-refractivity contribution is 5.60. The molecular weight excluding hydrogens is 164 g/mol. The minimum absolute atomic E-state index is 0.576. The number of hydrogen-bond acceptors (Lipinski definition) is 3. The van der Waals surface area contributed by atoms with E-state index in [2.05, 4.69) is 17.3 Å². The maximum atomic E-state index is 5.76. The second-order valence-electron chi connectivity index (χ2n) is 4.02. The molecule has 72 valence electrons. The Morgan fingerprint density at radius 3 is 2.77 bits per heavy atom. The van der Waals surface area contributed by atoms with Crippen molar-refractivity contribution in [1.82, 2.24) is 9.78 Å². The highest BCUT2D eigenvalue weighted by Gasteiger charge is 2.26. The molecule has 0 atom stereocenters. The molecule has 3 N–H and O–H groups in total. The first kappa shape index (κ1) is 8.41. The quantitative estimate of drug-likeness (QED) is 0.719. The summed E-state index contributed by atoms with van der Waals surface area (Å²) in [6.45, 7) is 2.26. The standard InChI is InChI=1S/C9H16N4/c1-6-3-7(4-6)11-9-8(10)5-13(2)12-9/h5-7H,3-4,10H2,1-2H3,(H,11,12). The van der Waals surface area contributed by atoms with Crippen molar-refractivity contribution < 1.29 is 0 Å². The van der Waals surface area contributed by atoms with Gasteiger partial charge in [-0.2, -0.15) is 5.10 Å². The Labute approximate surface area is 78.1 Å². The Balaban J connectivity index is 1.98. The van der Waals surface area contributed by atoms with Crippen molar-refractivity contribution in [2.24, 2.45) is 13.0 Å². The molecule has 1 heterocycles. The minimum Gasteiger partial charge on any atom is -0.394 e. The molecular formula is C9H16N4. The summed E-state index contributed by atoms with van der Waals surface area (Å²) < 4.78 is 1.74. The van der Waals surface area contributed by atoms with E-state index in [0.717, 1.165) is 17.4 Å². The third-order valence-corrected chi connectivity index (χ3v) is 2.57. The van der Waals surface area contributed by atoms with E-state index < -0.39 is 0 Å². The molecule has 0 aliphatic heterocycles. The molecule has 1 aromatic heterocycles. The third-order valence-electron chi connectivity index (χ3n) is 2.57. The number of aromatic nitrogens is 2. The van der Waals surface area contributed by atoms with E-state index in [1.807, 2.05) is 13.2 Å². The highest BCUT2D eigenvalue weighted by atomic mass is 15.3. The number of aryl methyl sites for hydroxylation is 1. The predicted molar refractivity (Wildman–Crippen MR) is 53.4 cm³/mol. The van der Waals surface area contributed by atoms with Crippen LogP contribution < -0.4 is 11.1 Å². The van der Waals surface area contributed by atoms with Crippen LogP contribution in [0.4, 0.5) is 11.5 Å². The van der Waals surface area contributed by atoms with Crippen LogP contribution in [-0.2, 0) is 7.05 Å². The van der Waals surface area contributed by atoms with Crippen LogP contribution in [0.5, 0.6) is 0 Å². The summed E-state index contributed by atoms with van der Waals surface area (Å²) in [7, 11) is 1.88. The molecule has 13 heavy (non-hydrogen) atoms. The number of nitrogen functional groups attached to an aromatic ring is 1. The summed E-state index contributed by atoms with van der Waals surface area (Å²) in [6.07, 6.45) is 4.29. The number of hydrogen-bond donors (Lipinski definition) is 2. The average Bonchev–Trinajstić information content (AvgIpc) is 2.27. The lowest BCUT2D eigenvalue weighted by Gasteiger charge is -2.33. The Morgan fingerprint density at radius 2 is 2.31 bits per heavy atom. The van der Waals surface area contributed by atoms with E-state index in [9.17, 15) is 0 Å². The summed E-state index contributed by atoms with van der Waals surface area (Å²) in [5.74, 6) is 1.68. The molecule has 1 saturated carbocycles. The lowest BCUT2D eigenvalue weighted by Crippen LogP contribution is -2.34. The lowest BCUT2D eigenvalue weighted by molar-refractivity contribution is 0.308. The molecule has 0 radical (unpaired) electrons. The van der Waals surface area contributed by atoms with Gasteiger partial charge in [-0.25, -0.2) is 0 Å². The number of nitrogens with zero attached hydrogens (tertiary/aromatic N) is 2. The van der Waals surface area contributed by atoms with Crippen LogP contribution in [0, 0.1) is 5.92 Å². The molecule has 0 spiro atoms. The van der Waals surface area contributed by atoms with Crippen LogP contribution in [0.2, 0.25) is 0 Å². The maximum absolute atomic E-state index is 5.76. The van der Waals surface area contributed by atoms with Crippen LogP contribution in [0.25, 0.3) is 0 Å². The van der Waals surface area contributed by atoms with Crippen LogP contribution in [0.3, 0.4) is 0 Å². The van der Waals surface area contributed by atoms with Gasteiger partial charge in [-0.3, -0.25) is 4.68 Å². The van der Waals surface area contributed by atoms with Crippen molar-refractivity contribution >= 4 is 11.5 Å². The largest absolute Gasteiger partial charge is 0.394 e. The maximum Gasteiger partial charge on any atom is 0.171 e. The summed E-state index contributed by atoms with van der Waals surface area (Å²) >= 11 is 0. The second kappa shape index (κ2) is 2.94. The fourth-order valence-electron chi connectivity index (χ4n) is 1.83. The van der Waals surface area contributed by atoms with Crippen LogP contribution in [0.15, 0.2) is 6.20 Å². The smallest absolute Gasteiger partial charge is 0.171 e. The van der Waals surface area contributed by atoms with Crippen molar-refractivity contribution in [3.8, 4) is 0 Å². The van der Waals surface area contributed by atoms with E-state index in [-0.39, 0.29) is 0 Å². The van der Waals surface area contributed by atoms with Crippen molar-refractivity contribution in [1.29, 1.82) is 0 Å². The van der Waals surface area contributed by atoms with Gasteiger partial charge in [0.1, 0.15) is 0 Å². The van der Waals surface area contributed by atoms with Gasteiger partial charge in [0.05, 0.1) is 5.69 Å². The molecule has 0 amide bonds. The molecule has 1 fully saturated rings. The van der Waals surface area contributed by atoms with Crippen molar-refractivity contribution in [2.75, 3.05) is 11.1 Å². The van der Waals surface area contributed by atoms with Gasteiger partial charge >= 0.3 is 0 Å². The van der Waals surface area contributed by atoms with Crippen LogP contribution >= 0.6 is 0 Å². The van der Waals surface area contributed by atoms with Gasteiger partial charge in [0, 0.05) is 19.3 Å². The van der Waals surface area contributed by atoms with E-state index in [1.165, 1.54) is 12.8 Å². The Hall–Kier alpha value is -1.19. The summed E-state index contributed by atoms with van der Waals surface area (Å²) in [5.41, 5.74) is 6.50. The molecule has 0 unspecified atom stereocenters. The Morgan fingerprint density at radius 1 is 1.62 bits per heavy atom. The van der Waals surface area contributed by atoms with Gasteiger partial charge in [-0.1, -0.05) is 6.92 Å². The van der Waals surface area contributed by atoms with E-state index in [1.54, 1.807) is 4.68 Å². The van der Waals surface area contributed by atoms with Gasteiger partial charge < -0.3 is 11.1 Å². The first-order chi connectivity index (χ1) is 6.15. The van der Waals surface area contributed by atoms with Crippen molar-refractivity contribution in [3.63, 3.8) is 0 Å². The molecule has 0 saturated heterocycles. The minimum atomic E-state index is 0.576. The first-order valence-corrected chi connectivity index (χ1v) is 4.71. The van der Waals surface area contributed by atoms with Crippen molar-refractivity contribution in [2.45, 2.75) is 25.8 Å². The van der Waals surface area contributed by atoms with Gasteiger partial charge in [-0.15, -0.1) is 0 Å². The third kappa shape index (κ3) is 1.61. The molecule has 2 rings (SSSR count). The van der Waals surface area contributed by atoms with Gasteiger partial charge in [0.2, 0.25) is 0 Å². The summed E-state index contributed by atoms with van der Waals surface area (Å²) in [4.78, 5) is 0. The number of nitrogens with two attached hydrogens (primary N) is 1. The fourth-order valence-corrected chi connectivity index (χ4v) is 1.83. The van der Waals surface area contributed by atoms with Crippen LogP contribution in [-0.4, -0.2) is 15.8 Å². The number of nitrogens with one attached hydrogen (secondary N) is 1. The van der Waals surface area contributed by atoms with Gasteiger partial charge in [-0.05, 0) is 18.8 Å². The van der Waals surface area contributed by atoms with E-state index >= 15 is 0 Å². The molecule has 4 heteroatoms. The van der Waals surface area contributed by atoms with Crippen molar-refractivity contribution in [3.05, 3.63) is 6.20 Å². The first-order valence-electron chi connectivity index (χ1n) is 4.71. The highest BCUT2D eigenvalue weighted by Crippen LogP contribution is 2.30. The fraction of sp³-hybridized carbons (Fsp3) is 0.667. The molecule has 0 aromatic carbocycles. The number of anilines is 2. The second-order valence-corrected chi connectivity index (χ2v) is 4.02. The van der Waals surface area contributed by atoms with Gasteiger partial charge in [0.15, 0.2) is 5.82 Å². The average molecular weight is 180 g/mol. The lowest BCUT2D eigenvalue weighted by atomic mass is 9.82.